The number of carboxylic acid groups (broad SMARTS) is 2. The number of unbranched alkanes of at least 4 members (excludes halogenated alkanes) is 12. The van der Waals surface area contributed by atoms with Crippen LogP contribution < -0.4 is 0 Å². The van der Waals surface area contributed by atoms with Gasteiger partial charge in [-0.3, -0.25) is 0 Å². The number of aliphatic carboxylic acids is 2. The quantitative estimate of drug-likeness (QED) is 0.124. The Kier molecular flexibility index (Phi) is 27.9. The molecule has 0 saturated carbocycles. The van der Waals surface area contributed by atoms with Crippen molar-refractivity contribution >= 4 is 26.9 Å². The molecule has 0 spiro atoms. The van der Waals surface area contributed by atoms with Crippen LogP contribution in [0, 0.1) is 5.92 Å². The van der Waals surface area contributed by atoms with Crippen molar-refractivity contribution in [1.82, 2.24) is 0 Å². The molecule has 30 heavy (non-hydrogen) atoms. The normalized spacial score (nSPS) is 11.6. The van der Waals surface area contributed by atoms with E-state index in [-0.39, 0.29) is 25.6 Å². The van der Waals surface area contributed by atoms with Crippen LogP contribution in [0.15, 0.2) is 0 Å². The number of rotatable bonds is 21. The molecule has 0 rings (SSSR count). The van der Waals surface area contributed by atoms with E-state index in [1.54, 1.807) is 0 Å². The first-order valence-corrected chi connectivity index (χ1v) is 14.5. The molecule has 0 aliphatic rings. The fourth-order valence-electron chi connectivity index (χ4n) is 3.33. The molecule has 0 aliphatic carbocycles. The SMILES string of the molecule is CCCCCCCCCCC(CO)CCCCCCCC.O=C(O)C[Se]CC(=O)O. The maximum absolute atomic E-state index is 9.80. The molecule has 0 aromatic heterocycles. The Bertz CT molecular complexity index is 363. The molecule has 0 saturated heterocycles. The minimum absolute atomic E-state index is 0.000694. The Morgan fingerprint density at radius 3 is 1.27 bits per heavy atom. The second-order valence-corrected chi connectivity index (χ2v) is 10.2. The van der Waals surface area contributed by atoms with Gasteiger partial charge < -0.3 is 5.11 Å². The van der Waals surface area contributed by atoms with Crippen LogP contribution in [-0.4, -0.2) is 48.8 Å². The third-order valence-corrected chi connectivity index (χ3v) is 7.03. The molecule has 0 aromatic carbocycles. The summed E-state index contributed by atoms with van der Waals surface area (Å²) in [6.45, 7) is 4.95. The average molecular weight is 496 g/mol. The summed E-state index contributed by atoms with van der Waals surface area (Å²) in [5, 5.41) is 25.6. The molecule has 0 amide bonds. The summed E-state index contributed by atoms with van der Waals surface area (Å²) in [5.74, 6) is -1.26. The average Bonchev–Trinajstić information content (AvgIpc) is 2.70. The molecule has 1 unspecified atom stereocenters. The van der Waals surface area contributed by atoms with Crippen LogP contribution in [-0.2, 0) is 9.59 Å². The van der Waals surface area contributed by atoms with Gasteiger partial charge in [-0.1, -0.05) is 104 Å². The van der Waals surface area contributed by atoms with Gasteiger partial charge in [-0.25, -0.2) is 0 Å². The zero-order valence-electron chi connectivity index (χ0n) is 19.6. The molecule has 0 heterocycles. The number of hydrogen-bond acceptors (Lipinski definition) is 3. The number of carboxylic acids is 2. The summed E-state index contributed by atoms with van der Waals surface area (Å²) < 4.78 is 0. The van der Waals surface area contributed by atoms with E-state index in [0.717, 1.165) is 0 Å². The van der Waals surface area contributed by atoms with Crippen molar-refractivity contribution in [3.63, 3.8) is 0 Å². The van der Waals surface area contributed by atoms with Gasteiger partial charge in [0.25, 0.3) is 0 Å². The van der Waals surface area contributed by atoms with Gasteiger partial charge in [-0.15, -0.1) is 0 Å². The van der Waals surface area contributed by atoms with Crippen molar-refractivity contribution in [3.05, 3.63) is 0 Å². The van der Waals surface area contributed by atoms with Crippen molar-refractivity contribution < 1.29 is 24.9 Å². The van der Waals surface area contributed by atoms with Gasteiger partial charge in [0, 0.05) is 6.61 Å². The van der Waals surface area contributed by atoms with Crippen molar-refractivity contribution in [2.45, 2.75) is 127 Å². The van der Waals surface area contributed by atoms with Crippen molar-refractivity contribution in [1.29, 1.82) is 0 Å². The van der Waals surface area contributed by atoms with E-state index in [1.165, 1.54) is 103 Å². The minimum atomic E-state index is -0.920. The van der Waals surface area contributed by atoms with Crippen LogP contribution in [0.1, 0.15) is 117 Å². The maximum atomic E-state index is 9.80. The monoisotopic (exact) mass is 496 g/mol. The molecule has 180 valence electrons. The molecule has 3 N–H and O–H groups in total. The predicted molar refractivity (Wildman–Crippen MR) is 126 cm³/mol. The zero-order chi connectivity index (χ0) is 22.9. The zero-order valence-corrected chi connectivity index (χ0v) is 21.3. The van der Waals surface area contributed by atoms with E-state index in [2.05, 4.69) is 13.8 Å². The Balaban J connectivity index is 0. The molecule has 0 aliphatic heterocycles. The fourth-order valence-corrected chi connectivity index (χ4v) is 4.28. The summed E-state index contributed by atoms with van der Waals surface area (Å²) in [7, 11) is 0. The van der Waals surface area contributed by atoms with Crippen LogP contribution in [0.3, 0.4) is 0 Å². The van der Waals surface area contributed by atoms with E-state index >= 15 is 0 Å². The summed E-state index contributed by atoms with van der Waals surface area (Å²) >= 11 is -0.280. The van der Waals surface area contributed by atoms with E-state index < -0.39 is 11.9 Å². The van der Waals surface area contributed by atoms with E-state index in [1.807, 2.05) is 0 Å². The van der Waals surface area contributed by atoms with Gasteiger partial charge in [0.15, 0.2) is 0 Å². The first-order chi connectivity index (χ1) is 14.5. The van der Waals surface area contributed by atoms with E-state index in [0.29, 0.717) is 12.5 Å². The Labute approximate surface area is 191 Å². The van der Waals surface area contributed by atoms with E-state index in [4.69, 9.17) is 10.2 Å². The summed E-state index contributed by atoms with van der Waals surface area (Å²) in [5.41, 5.74) is 0. The van der Waals surface area contributed by atoms with Gasteiger partial charge in [0.2, 0.25) is 0 Å². The summed E-state index contributed by atoms with van der Waals surface area (Å²) in [4.78, 5) is 19.6. The molecular formula is C24H48O5Se. The molecular weight excluding hydrogens is 447 g/mol. The fraction of sp³-hybridized carbons (Fsp3) is 0.917. The van der Waals surface area contributed by atoms with Crippen molar-refractivity contribution in [2.75, 3.05) is 6.61 Å². The first-order valence-electron chi connectivity index (χ1n) is 12.1. The Hall–Kier alpha value is -0.581. The predicted octanol–water partition coefficient (Wildman–Crippen LogP) is 6.57. The van der Waals surface area contributed by atoms with Crippen molar-refractivity contribution in [2.24, 2.45) is 5.92 Å². The standard InChI is InChI=1S/C20H42O.C4H6O4Se/c1-3-5-7-9-11-12-14-16-18-20(19-21)17-15-13-10-8-6-4-2;5-3(6)1-9-2-4(7)8/h20-21H,3-19H2,1-2H3;1-2H2,(H,5,6)(H,7,8). The third-order valence-electron chi connectivity index (χ3n) is 5.14. The van der Waals surface area contributed by atoms with Crippen molar-refractivity contribution in [3.8, 4) is 0 Å². The molecule has 6 heteroatoms. The molecule has 0 aromatic rings. The molecule has 1 atom stereocenters. The number of aliphatic hydroxyl groups excluding tert-OH is 1. The topological polar surface area (TPSA) is 94.8 Å². The summed E-state index contributed by atoms with van der Waals surface area (Å²) in [6, 6.07) is 0. The Morgan fingerprint density at radius 2 is 0.967 bits per heavy atom. The van der Waals surface area contributed by atoms with Gasteiger partial charge >= 0.3 is 57.3 Å². The van der Waals surface area contributed by atoms with Gasteiger partial charge in [-0.05, 0) is 18.8 Å². The van der Waals surface area contributed by atoms with Gasteiger partial charge in [-0.2, -0.15) is 0 Å². The van der Waals surface area contributed by atoms with Crippen LogP contribution in [0.25, 0.3) is 0 Å². The molecule has 0 radical (unpaired) electrons. The van der Waals surface area contributed by atoms with Crippen LogP contribution in [0.5, 0.6) is 0 Å². The van der Waals surface area contributed by atoms with Gasteiger partial charge in [0.1, 0.15) is 0 Å². The second-order valence-electron chi connectivity index (χ2n) is 8.15. The van der Waals surface area contributed by atoms with Crippen LogP contribution in [0.2, 0.25) is 10.6 Å². The number of hydrogen-bond donors (Lipinski definition) is 3. The third kappa shape index (κ3) is 29.6. The number of aliphatic hydroxyl groups is 1. The first kappa shape index (κ1) is 31.6. The van der Waals surface area contributed by atoms with Crippen LogP contribution in [0.4, 0.5) is 0 Å². The number of carbonyl (C=O) groups is 2. The van der Waals surface area contributed by atoms with E-state index in [9.17, 15) is 14.7 Å². The molecule has 0 fully saturated rings. The van der Waals surface area contributed by atoms with Crippen LogP contribution >= 0.6 is 0 Å². The molecule has 5 nitrogen and oxygen atoms in total. The second kappa shape index (κ2) is 26.5. The Morgan fingerprint density at radius 1 is 0.633 bits per heavy atom. The van der Waals surface area contributed by atoms with Gasteiger partial charge in [0.05, 0.1) is 0 Å². The molecule has 0 bridgehead atoms. The summed E-state index contributed by atoms with van der Waals surface area (Å²) in [6.07, 6.45) is 21.8.